The number of rotatable bonds is 8. The normalized spacial score (nSPS) is 10.8. The van der Waals surface area contributed by atoms with E-state index in [1.165, 1.54) is 23.1 Å². The van der Waals surface area contributed by atoms with E-state index in [-0.39, 0.29) is 5.78 Å². The number of ketones is 1. The van der Waals surface area contributed by atoms with Crippen molar-refractivity contribution in [3.05, 3.63) is 47.3 Å². The van der Waals surface area contributed by atoms with Gasteiger partial charge in [0.1, 0.15) is 5.75 Å². The topological polar surface area (TPSA) is 69.0 Å². The molecule has 1 N–H and O–H groups in total. The lowest BCUT2D eigenvalue weighted by molar-refractivity contribution is 0.102. The molecule has 0 unspecified atom stereocenters. The predicted molar refractivity (Wildman–Crippen MR) is 111 cm³/mol. The van der Waals surface area contributed by atoms with E-state index in [1.807, 2.05) is 44.2 Å². The number of nitrogens with zero attached hydrogens (tertiary/aromatic N) is 3. The number of aromatic nitrogens is 3. The van der Waals surface area contributed by atoms with Crippen LogP contribution in [-0.2, 0) is 6.54 Å². The highest BCUT2D eigenvalue weighted by Gasteiger charge is 2.16. The zero-order valence-corrected chi connectivity index (χ0v) is 17.4. The van der Waals surface area contributed by atoms with Crippen molar-refractivity contribution in [3.63, 3.8) is 0 Å². The number of thioether (sulfide) groups is 1. The van der Waals surface area contributed by atoms with Crippen LogP contribution in [0.1, 0.15) is 28.7 Å². The Morgan fingerprint density at radius 3 is 2.81 bits per heavy atom. The lowest BCUT2D eigenvalue weighted by Gasteiger charge is -2.05. The minimum absolute atomic E-state index is 0.116. The number of ether oxygens (including phenoxy) is 1. The molecule has 27 heavy (non-hydrogen) atoms. The smallest absolute Gasteiger partial charge is 0.210 e. The van der Waals surface area contributed by atoms with Gasteiger partial charge in [-0.1, -0.05) is 29.2 Å². The molecule has 3 aromatic rings. The van der Waals surface area contributed by atoms with Crippen LogP contribution >= 0.6 is 23.1 Å². The van der Waals surface area contributed by atoms with Gasteiger partial charge in [0.25, 0.3) is 0 Å². The monoisotopic (exact) mass is 402 g/mol. The molecule has 0 saturated heterocycles. The van der Waals surface area contributed by atoms with Crippen LogP contribution < -0.4 is 10.1 Å². The van der Waals surface area contributed by atoms with Crippen LogP contribution in [0.2, 0.25) is 0 Å². The largest absolute Gasteiger partial charge is 0.497 e. The maximum Gasteiger partial charge on any atom is 0.210 e. The molecule has 0 bridgehead atoms. The van der Waals surface area contributed by atoms with Crippen molar-refractivity contribution in [2.24, 2.45) is 0 Å². The molecule has 0 atom stereocenters. The molecule has 0 saturated carbocycles. The van der Waals surface area contributed by atoms with E-state index in [4.69, 9.17) is 4.74 Å². The average molecular weight is 403 g/mol. The quantitative estimate of drug-likeness (QED) is 0.435. The third kappa shape index (κ3) is 4.51. The number of benzene rings is 1. The number of methoxy groups -OCH3 is 1. The molecule has 0 radical (unpaired) electrons. The van der Waals surface area contributed by atoms with Crippen LogP contribution in [0, 0.1) is 13.8 Å². The van der Waals surface area contributed by atoms with E-state index in [2.05, 4.69) is 27.0 Å². The summed E-state index contributed by atoms with van der Waals surface area (Å²) in [5.41, 5.74) is 3.81. The van der Waals surface area contributed by atoms with Crippen LogP contribution in [0.15, 0.2) is 34.7 Å². The van der Waals surface area contributed by atoms with Gasteiger partial charge in [-0.25, -0.2) is 0 Å². The van der Waals surface area contributed by atoms with Crippen molar-refractivity contribution in [1.29, 1.82) is 0 Å². The number of carbonyl (C=O) groups excluding carboxylic acids is 1. The highest BCUT2D eigenvalue weighted by molar-refractivity contribution is 8.01. The van der Waals surface area contributed by atoms with Gasteiger partial charge in [0.05, 0.1) is 12.9 Å². The molecular formula is C19H22N4O2S2. The lowest BCUT2D eigenvalue weighted by atomic mass is 10.2. The third-order valence-electron chi connectivity index (χ3n) is 4.24. The van der Waals surface area contributed by atoms with Crippen molar-refractivity contribution in [2.75, 3.05) is 18.2 Å². The van der Waals surface area contributed by atoms with E-state index in [0.717, 1.165) is 39.3 Å². The zero-order valence-electron chi connectivity index (χ0n) is 15.8. The number of carbonyl (C=O) groups is 1. The highest BCUT2D eigenvalue weighted by atomic mass is 32.2. The van der Waals surface area contributed by atoms with E-state index >= 15 is 0 Å². The second-order valence-electron chi connectivity index (χ2n) is 5.97. The fourth-order valence-electron chi connectivity index (χ4n) is 2.92. The summed E-state index contributed by atoms with van der Waals surface area (Å²) < 4.78 is 8.13. The maximum absolute atomic E-state index is 12.6. The first-order valence-corrected chi connectivity index (χ1v) is 10.4. The Morgan fingerprint density at radius 2 is 2.11 bits per heavy atom. The first-order valence-electron chi connectivity index (χ1n) is 8.59. The van der Waals surface area contributed by atoms with Gasteiger partial charge in [-0.3, -0.25) is 4.79 Å². The molecule has 0 aliphatic heterocycles. The number of aryl methyl sites for hydroxylation is 1. The number of anilines is 2. The van der Waals surface area contributed by atoms with Gasteiger partial charge in [0.15, 0.2) is 10.1 Å². The summed E-state index contributed by atoms with van der Waals surface area (Å²) in [6.45, 7) is 6.98. The van der Waals surface area contributed by atoms with E-state index in [1.54, 1.807) is 7.11 Å². The maximum atomic E-state index is 12.6. The molecule has 0 amide bonds. The van der Waals surface area contributed by atoms with Crippen LogP contribution in [0.25, 0.3) is 0 Å². The SMILES string of the molecule is CCn1c(C)cc(C(=O)CSc2nnc(Nc3cccc(OC)c3)s2)c1C. The number of Topliss-reactive ketones (excluding diaryl/α,β-unsaturated/α-hetero) is 1. The number of nitrogens with one attached hydrogen (secondary N) is 1. The van der Waals surface area contributed by atoms with Crippen molar-refractivity contribution in [2.45, 2.75) is 31.7 Å². The Morgan fingerprint density at radius 1 is 1.30 bits per heavy atom. The Bertz CT molecular complexity index is 949. The van der Waals surface area contributed by atoms with Gasteiger partial charge >= 0.3 is 0 Å². The van der Waals surface area contributed by atoms with Gasteiger partial charge in [0.2, 0.25) is 5.13 Å². The summed E-state index contributed by atoms with van der Waals surface area (Å²) in [6, 6.07) is 9.58. The van der Waals surface area contributed by atoms with Gasteiger partial charge in [-0.05, 0) is 39.0 Å². The summed E-state index contributed by atoms with van der Waals surface area (Å²) in [7, 11) is 1.63. The van der Waals surface area contributed by atoms with Crippen molar-refractivity contribution >= 4 is 39.7 Å². The molecule has 0 aliphatic rings. The van der Waals surface area contributed by atoms with E-state index < -0.39 is 0 Å². The van der Waals surface area contributed by atoms with Crippen LogP contribution in [-0.4, -0.2) is 33.4 Å². The predicted octanol–water partition coefficient (Wildman–Crippen LogP) is 4.70. The lowest BCUT2D eigenvalue weighted by Crippen LogP contribution is -2.05. The van der Waals surface area contributed by atoms with Gasteiger partial charge < -0.3 is 14.6 Å². The second kappa shape index (κ2) is 8.58. The zero-order chi connectivity index (χ0) is 19.4. The average Bonchev–Trinajstić information content (AvgIpc) is 3.23. The summed E-state index contributed by atoms with van der Waals surface area (Å²) >= 11 is 2.84. The highest BCUT2D eigenvalue weighted by Crippen LogP contribution is 2.29. The number of hydrogen-bond acceptors (Lipinski definition) is 7. The van der Waals surface area contributed by atoms with Crippen LogP contribution in [0.5, 0.6) is 5.75 Å². The standard InChI is InChI=1S/C19H22N4O2S2/c1-5-23-12(2)9-16(13(23)3)17(24)11-26-19-22-21-18(27-19)20-14-7-6-8-15(10-14)25-4/h6-10H,5,11H2,1-4H3,(H,20,21). The molecular weight excluding hydrogens is 380 g/mol. The molecule has 142 valence electrons. The Balaban J connectivity index is 1.61. The third-order valence-corrected chi connectivity index (χ3v) is 6.22. The minimum Gasteiger partial charge on any atom is -0.497 e. The summed E-state index contributed by atoms with van der Waals surface area (Å²) in [5.74, 6) is 1.24. The summed E-state index contributed by atoms with van der Waals surface area (Å²) in [5, 5.41) is 12.2. The first kappa shape index (κ1) is 19.4. The Kier molecular flexibility index (Phi) is 6.18. The molecule has 8 heteroatoms. The van der Waals surface area contributed by atoms with E-state index in [0.29, 0.717) is 10.9 Å². The molecule has 0 spiro atoms. The minimum atomic E-state index is 0.116. The second-order valence-corrected chi connectivity index (χ2v) is 8.17. The Hall–Kier alpha value is -2.32. The van der Waals surface area contributed by atoms with Crippen LogP contribution in [0.3, 0.4) is 0 Å². The number of hydrogen-bond donors (Lipinski definition) is 1. The summed E-state index contributed by atoms with van der Waals surface area (Å²) in [4.78, 5) is 12.6. The van der Waals surface area contributed by atoms with Crippen molar-refractivity contribution < 1.29 is 9.53 Å². The Labute approximate surface area is 167 Å². The van der Waals surface area contributed by atoms with Gasteiger partial charge in [-0.15, -0.1) is 10.2 Å². The van der Waals surface area contributed by atoms with Crippen LogP contribution in [0.4, 0.5) is 10.8 Å². The fourth-order valence-corrected chi connectivity index (χ4v) is 4.57. The van der Waals surface area contributed by atoms with Gasteiger partial charge in [0, 0.05) is 35.2 Å². The summed E-state index contributed by atoms with van der Waals surface area (Å²) in [6.07, 6.45) is 0. The van der Waals surface area contributed by atoms with E-state index in [9.17, 15) is 4.79 Å². The molecule has 3 rings (SSSR count). The molecule has 2 heterocycles. The molecule has 0 aliphatic carbocycles. The molecule has 1 aromatic carbocycles. The molecule has 6 nitrogen and oxygen atoms in total. The van der Waals surface area contributed by atoms with Crippen molar-refractivity contribution in [1.82, 2.24) is 14.8 Å². The van der Waals surface area contributed by atoms with Crippen molar-refractivity contribution in [3.8, 4) is 5.75 Å². The first-order chi connectivity index (χ1) is 13.0. The molecule has 0 fully saturated rings. The van der Waals surface area contributed by atoms with Gasteiger partial charge in [-0.2, -0.15) is 0 Å². The fraction of sp³-hybridized carbons (Fsp3) is 0.316. The molecule has 2 aromatic heterocycles.